The van der Waals surface area contributed by atoms with Crippen molar-refractivity contribution >= 4 is 23.5 Å². The molecule has 1 unspecified atom stereocenters. The lowest BCUT2D eigenvalue weighted by atomic mass is 9.89. The van der Waals surface area contributed by atoms with Gasteiger partial charge in [-0.25, -0.2) is 4.79 Å². The third-order valence-corrected chi connectivity index (χ3v) is 4.91. The van der Waals surface area contributed by atoms with Crippen LogP contribution in [0.15, 0.2) is 24.3 Å². The normalized spacial score (nSPS) is 17.9. The maximum atomic E-state index is 12.8. The van der Waals surface area contributed by atoms with Crippen molar-refractivity contribution in [2.45, 2.75) is 52.5 Å². The summed E-state index contributed by atoms with van der Waals surface area (Å²) in [6, 6.07) is 5.90. The number of benzene rings is 1. The van der Waals surface area contributed by atoms with Gasteiger partial charge in [0, 0.05) is 23.2 Å². The summed E-state index contributed by atoms with van der Waals surface area (Å²) < 4.78 is 0. The Morgan fingerprint density at radius 2 is 2.00 bits per heavy atom. The van der Waals surface area contributed by atoms with E-state index in [0.29, 0.717) is 30.6 Å². The lowest BCUT2D eigenvalue weighted by Crippen LogP contribution is -2.48. The molecule has 1 aromatic rings. The molecule has 1 aromatic carbocycles. The van der Waals surface area contributed by atoms with Gasteiger partial charge in [-0.15, -0.1) is 0 Å². The lowest BCUT2D eigenvalue weighted by molar-refractivity contribution is -0.143. The molecule has 1 aliphatic rings. The van der Waals surface area contributed by atoms with E-state index in [-0.39, 0.29) is 11.8 Å². The van der Waals surface area contributed by atoms with Crippen molar-refractivity contribution in [1.82, 2.24) is 4.90 Å². The molecule has 0 aliphatic carbocycles. The Bertz CT molecular complexity index is 669. The Hall–Kier alpha value is -2.37. The van der Waals surface area contributed by atoms with E-state index in [1.807, 2.05) is 20.8 Å². The fourth-order valence-corrected chi connectivity index (χ4v) is 2.79. The Labute approximate surface area is 148 Å². The van der Waals surface area contributed by atoms with E-state index in [9.17, 15) is 19.5 Å². The summed E-state index contributed by atoms with van der Waals surface area (Å²) in [4.78, 5) is 37.9. The minimum atomic E-state index is -0.970. The van der Waals surface area contributed by atoms with Crippen LogP contribution in [-0.4, -0.2) is 40.4 Å². The van der Waals surface area contributed by atoms with E-state index < -0.39 is 17.4 Å². The van der Waals surface area contributed by atoms with Crippen LogP contribution in [-0.2, 0) is 9.59 Å². The van der Waals surface area contributed by atoms with Gasteiger partial charge in [0.1, 0.15) is 6.04 Å². The molecule has 1 heterocycles. The summed E-state index contributed by atoms with van der Waals surface area (Å²) >= 11 is 0. The molecule has 1 fully saturated rings. The maximum absolute atomic E-state index is 12.8. The average molecular weight is 346 g/mol. The molecule has 6 heteroatoms. The molecule has 0 saturated carbocycles. The first-order valence-electron chi connectivity index (χ1n) is 8.71. The number of carboxylic acids is 1. The monoisotopic (exact) mass is 346 g/mol. The van der Waals surface area contributed by atoms with E-state index in [1.165, 1.54) is 4.90 Å². The second kappa shape index (κ2) is 7.68. The number of likely N-dealkylation sites (tertiary alicyclic amines) is 1. The van der Waals surface area contributed by atoms with Crippen LogP contribution in [0.2, 0.25) is 0 Å². The summed E-state index contributed by atoms with van der Waals surface area (Å²) in [6.07, 6.45) is 2.79. The van der Waals surface area contributed by atoms with Gasteiger partial charge in [0.2, 0.25) is 5.91 Å². The minimum Gasteiger partial charge on any atom is -0.480 e. The van der Waals surface area contributed by atoms with Crippen molar-refractivity contribution in [3.8, 4) is 0 Å². The molecule has 25 heavy (non-hydrogen) atoms. The van der Waals surface area contributed by atoms with Crippen LogP contribution in [0.25, 0.3) is 0 Å². The first kappa shape index (κ1) is 19.0. The zero-order chi connectivity index (χ0) is 18.6. The van der Waals surface area contributed by atoms with Crippen molar-refractivity contribution in [2.24, 2.45) is 5.41 Å². The zero-order valence-electron chi connectivity index (χ0n) is 15.0. The number of carboxylic acid groups (broad SMARTS) is 1. The number of nitrogens with zero attached hydrogens (tertiary/aromatic N) is 1. The van der Waals surface area contributed by atoms with E-state index in [2.05, 4.69) is 5.32 Å². The molecule has 136 valence electrons. The van der Waals surface area contributed by atoms with Crippen LogP contribution < -0.4 is 5.32 Å². The molecule has 1 atom stereocenters. The minimum absolute atomic E-state index is 0.110. The predicted octanol–water partition coefficient (Wildman–Crippen LogP) is 3.14. The van der Waals surface area contributed by atoms with Gasteiger partial charge >= 0.3 is 5.97 Å². The number of hydrogen-bond donors (Lipinski definition) is 2. The molecule has 2 N–H and O–H groups in total. The molecule has 1 saturated heterocycles. The van der Waals surface area contributed by atoms with Crippen LogP contribution in [0.5, 0.6) is 0 Å². The largest absolute Gasteiger partial charge is 0.480 e. The fourth-order valence-electron chi connectivity index (χ4n) is 2.79. The highest BCUT2D eigenvalue weighted by atomic mass is 16.4. The Balaban J connectivity index is 2.18. The lowest BCUT2D eigenvalue weighted by Gasteiger charge is -2.33. The van der Waals surface area contributed by atoms with Gasteiger partial charge in [0.05, 0.1) is 0 Å². The fraction of sp³-hybridized carbons (Fsp3) is 0.526. The first-order valence-corrected chi connectivity index (χ1v) is 8.71. The quantitative estimate of drug-likeness (QED) is 0.857. The summed E-state index contributed by atoms with van der Waals surface area (Å²) in [7, 11) is 0. The van der Waals surface area contributed by atoms with E-state index in [1.54, 1.807) is 24.3 Å². The van der Waals surface area contributed by atoms with Crippen LogP contribution in [0.4, 0.5) is 5.69 Å². The molecule has 2 rings (SSSR count). The third-order valence-electron chi connectivity index (χ3n) is 4.91. The topological polar surface area (TPSA) is 86.7 Å². The molecule has 1 aliphatic heterocycles. The van der Waals surface area contributed by atoms with E-state index in [4.69, 9.17) is 0 Å². The van der Waals surface area contributed by atoms with Crippen molar-refractivity contribution in [3.05, 3.63) is 29.8 Å². The third kappa shape index (κ3) is 4.38. The summed E-state index contributed by atoms with van der Waals surface area (Å²) in [6.45, 7) is 6.11. The van der Waals surface area contributed by atoms with Crippen LogP contribution in [0.1, 0.15) is 56.8 Å². The molecule has 0 spiro atoms. The molecule has 0 bridgehead atoms. The van der Waals surface area contributed by atoms with E-state index >= 15 is 0 Å². The van der Waals surface area contributed by atoms with Gasteiger partial charge < -0.3 is 15.3 Å². The Kier molecular flexibility index (Phi) is 5.82. The number of hydrogen-bond acceptors (Lipinski definition) is 3. The number of aliphatic carboxylic acids is 1. The van der Waals surface area contributed by atoms with Crippen molar-refractivity contribution in [2.75, 3.05) is 11.9 Å². The van der Waals surface area contributed by atoms with Gasteiger partial charge in [-0.2, -0.15) is 0 Å². The predicted molar refractivity (Wildman–Crippen MR) is 95.5 cm³/mol. The maximum Gasteiger partial charge on any atom is 0.326 e. The Morgan fingerprint density at radius 1 is 1.28 bits per heavy atom. The molecule has 0 radical (unpaired) electrons. The van der Waals surface area contributed by atoms with Crippen LogP contribution in [0, 0.1) is 5.41 Å². The number of nitrogens with one attached hydrogen (secondary N) is 1. The van der Waals surface area contributed by atoms with E-state index in [0.717, 1.165) is 12.8 Å². The molecule has 0 aromatic heterocycles. The molecule has 6 nitrogen and oxygen atoms in total. The highest BCUT2D eigenvalue weighted by Crippen LogP contribution is 2.24. The summed E-state index contributed by atoms with van der Waals surface area (Å²) in [5.41, 5.74) is 0.433. The first-order chi connectivity index (χ1) is 11.8. The second-order valence-electron chi connectivity index (χ2n) is 7.12. The highest BCUT2D eigenvalue weighted by Gasteiger charge is 2.32. The van der Waals surface area contributed by atoms with Crippen molar-refractivity contribution < 1.29 is 19.5 Å². The van der Waals surface area contributed by atoms with Gasteiger partial charge in [0.15, 0.2) is 0 Å². The summed E-state index contributed by atoms with van der Waals surface area (Å²) in [5.74, 6) is -1.39. The number of carbonyl (C=O) groups excluding carboxylic acids is 2. The second-order valence-corrected chi connectivity index (χ2v) is 7.12. The summed E-state index contributed by atoms with van der Waals surface area (Å²) in [5, 5.41) is 12.2. The van der Waals surface area contributed by atoms with Gasteiger partial charge in [-0.1, -0.05) is 26.8 Å². The highest BCUT2D eigenvalue weighted by molar-refractivity contribution is 5.99. The SMILES string of the molecule is CCC(C)(C)C(=O)Nc1cccc(C(=O)N2CCCCC2C(=O)O)c1. The van der Waals surface area contributed by atoms with Crippen LogP contribution >= 0.6 is 0 Å². The number of piperidine rings is 1. The number of anilines is 1. The van der Waals surface area contributed by atoms with Gasteiger partial charge in [-0.05, 0) is 43.9 Å². The van der Waals surface area contributed by atoms with Gasteiger partial charge in [-0.3, -0.25) is 9.59 Å². The molecular formula is C19H26N2O4. The Morgan fingerprint density at radius 3 is 2.64 bits per heavy atom. The number of amides is 2. The smallest absolute Gasteiger partial charge is 0.326 e. The number of carbonyl (C=O) groups is 3. The van der Waals surface area contributed by atoms with Crippen molar-refractivity contribution in [3.63, 3.8) is 0 Å². The van der Waals surface area contributed by atoms with Crippen molar-refractivity contribution in [1.29, 1.82) is 0 Å². The number of rotatable bonds is 5. The van der Waals surface area contributed by atoms with Gasteiger partial charge in [0.25, 0.3) is 5.91 Å². The molecule has 2 amide bonds. The standard InChI is InChI=1S/C19H26N2O4/c1-4-19(2,3)18(25)20-14-9-7-8-13(12-14)16(22)21-11-6-5-10-15(21)17(23)24/h7-9,12,15H,4-6,10-11H2,1-3H3,(H,20,25)(H,23,24). The molecular weight excluding hydrogens is 320 g/mol. The van der Waals surface area contributed by atoms with Crippen LogP contribution in [0.3, 0.4) is 0 Å². The zero-order valence-corrected chi connectivity index (χ0v) is 15.0. The average Bonchev–Trinajstić information content (AvgIpc) is 2.61.